The van der Waals surface area contributed by atoms with E-state index in [0.717, 1.165) is 4.90 Å². The fraction of sp³-hybridized carbons (Fsp3) is 0.357. The first-order valence-corrected chi connectivity index (χ1v) is 6.96. The number of rotatable bonds is 2. The Morgan fingerprint density at radius 3 is 2.30 bits per heavy atom. The van der Waals surface area contributed by atoms with Gasteiger partial charge in [0.2, 0.25) is 11.8 Å². The number of piperidine rings is 1. The van der Waals surface area contributed by atoms with Crippen molar-refractivity contribution in [2.24, 2.45) is 17.3 Å². The van der Waals surface area contributed by atoms with Gasteiger partial charge in [0.25, 0.3) is 0 Å². The summed E-state index contributed by atoms with van der Waals surface area (Å²) in [6, 6.07) is 4.51. The molecule has 3 rings (SSSR count). The zero-order valence-corrected chi connectivity index (χ0v) is 12.5. The SMILES string of the molecule is CC1(C)C2C(=O)N(c3ccc(Br)cc3C(=O)O)C(=O)C21. The lowest BCUT2D eigenvalue weighted by Gasteiger charge is -2.22. The van der Waals surface area contributed by atoms with Crippen molar-refractivity contribution in [3.05, 3.63) is 28.2 Å². The predicted octanol–water partition coefficient (Wildman–Crippen LogP) is 2.29. The summed E-state index contributed by atoms with van der Waals surface area (Å²) in [7, 11) is 0. The van der Waals surface area contributed by atoms with E-state index < -0.39 is 5.97 Å². The third-order valence-corrected chi connectivity index (χ3v) is 4.72. The molecule has 0 radical (unpaired) electrons. The van der Waals surface area contributed by atoms with Crippen LogP contribution in [0.25, 0.3) is 0 Å². The molecule has 1 N–H and O–H groups in total. The summed E-state index contributed by atoms with van der Waals surface area (Å²) >= 11 is 3.19. The molecular weight excluding hydrogens is 326 g/mol. The number of nitrogens with zero attached hydrogens (tertiary/aromatic N) is 1. The molecule has 2 unspecified atom stereocenters. The standard InChI is InChI=1S/C14H12BrNO4/c1-14(2)9-10(14)12(18)16(11(9)17)8-4-3-6(15)5-7(8)13(19)20/h3-5,9-10H,1-2H3,(H,19,20). The van der Waals surface area contributed by atoms with Crippen LogP contribution < -0.4 is 4.90 Å². The molecule has 1 aromatic carbocycles. The Bertz CT molecular complexity index is 643. The Hall–Kier alpha value is -1.69. The van der Waals surface area contributed by atoms with Crippen molar-refractivity contribution < 1.29 is 19.5 Å². The number of carboxylic acid groups (broad SMARTS) is 1. The molecule has 20 heavy (non-hydrogen) atoms. The number of imide groups is 1. The van der Waals surface area contributed by atoms with E-state index in [1.54, 1.807) is 6.07 Å². The van der Waals surface area contributed by atoms with Gasteiger partial charge in [-0.05, 0) is 23.6 Å². The number of benzene rings is 1. The maximum atomic E-state index is 12.3. The normalized spacial score (nSPS) is 26.6. The first-order chi connectivity index (χ1) is 9.26. The first-order valence-electron chi connectivity index (χ1n) is 6.17. The van der Waals surface area contributed by atoms with Gasteiger partial charge in [-0.25, -0.2) is 9.69 Å². The van der Waals surface area contributed by atoms with Crippen LogP contribution in [0.1, 0.15) is 24.2 Å². The van der Waals surface area contributed by atoms with Crippen LogP contribution in [-0.4, -0.2) is 22.9 Å². The van der Waals surface area contributed by atoms with E-state index >= 15 is 0 Å². The van der Waals surface area contributed by atoms with Crippen LogP contribution in [-0.2, 0) is 9.59 Å². The Labute approximate surface area is 123 Å². The number of anilines is 1. The van der Waals surface area contributed by atoms with Crippen molar-refractivity contribution in [3.8, 4) is 0 Å². The van der Waals surface area contributed by atoms with Gasteiger partial charge in [0.15, 0.2) is 0 Å². The summed E-state index contributed by atoms with van der Waals surface area (Å²) in [5.41, 5.74) is -0.206. The highest BCUT2D eigenvalue weighted by Crippen LogP contribution is 2.63. The maximum absolute atomic E-state index is 12.3. The quantitative estimate of drug-likeness (QED) is 0.840. The van der Waals surface area contributed by atoms with Crippen molar-refractivity contribution >= 4 is 39.4 Å². The lowest BCUT2D eigenvalue weighted by molar-refractivity contribution is -0.125. The van der Waals surface area contributed by atoms with E-state index in [4.69, 9.17) is 0 Å². The molecule has 0 bridgehead atoms. The average molecular weight is 338 g/mol. The van der Waals surface area contributed by atoms with Crippen molar-refractivity contribution in [1.82, 2.24) is 0 Å². The molecule has 1 aliphatic heterocycles. The largest absolute Gasteiger partial charge is 0.478 e. The Kier molecular flexibility index (Phi) is 2.60. The second kappa shape index (κ2) is 3.91. The molecule has 1 aromatic rings. The number of halogens is 1. The van der Waals surface area contributed by atoms with Crippen LogP contribution in [0.4, 0.5) is 5.69 Å². The minimum atomic E-state index is -1.17. The number of amides is 2. The average Bonchev–Trinajstić information content (AvgIpc) is 2.81. The maximum Gasteiger partial charge on any atom is 0.337 e. The molecule has 1 heterocycles. The topological polar surface area (TPSA) is 74.7 Å². The second-order valence-electron chi connectivity index (χ2n) is 5.76. The summed E-state index contributed by atoms with van der Waals surface area (Å²) in [4.78, 5) is 37.0. The van der Waals surface area contributed by atoms with Crippen molar-refractivity contribution in [3.63, 3.8) is 0 Å². The second-order valence-corrected chi connectivity index (χ2v) is 6.67. The van der Waals surface area contributed by atoms with E-state index in [2.05, 4.69) is 15.9 Å². The van der Waals surface area contributed by atoms with Gasteiger partial charge in [0, 0.05) is 4.47 Å². The van der Waals surface area contributed by atoms with E-state index in [1.165, 1.54) is 12.1 Å². The summed E-state index contributed by atoms with van der Waals surface area (Å²) in [5.74, 6) is -2.40. The summed E-state index contributed by atoms with van der Waals surface area (Å²) in [6.07, 6.45) is 0. The number of hydrogen-bond acceptors (Lipinski definition) is 3. The molecule has 1 aliphatic carbocycles. The van der Waals surface area contributed by atoms with Gasteiger partial charge in [-0.3, -0.25) is 9.59 Å². The molecule has 2 atom stereocenters. The van der Waals surface area contributed by atoms with E-state index in [0.29, 0.717) is 4.47 Å². The van der Waals surface area contributed by atoms with Gasteiger partial charge in [0.05, 0.1) is 23.1 Å². The molecule has 2 aliphatic rings. The van der Waals surface area contributed by atoms with Gasteiger partial charge < -0.3 is 5.11 Å². The Morgan fingerprint density at radius 1 is 1.25 bits per heavy atom. The smallest absolute Gasteiger partial charge is 0.337 e. The fourth-order valence-corrected chi connectivity index (χ4v) is 3.42. The summed E-state index contributed by atoms with van der Waals surface area (Å²) < 4.78 is 0.586. The highest BCUT2D eigenvalue weighted by Gasteiger charge is 2.72. The number of carbonyl (C=O) groups is 3. The number of fused-ring (bicyclic) bond motifs is 1. The number of carbonyl (C=O) groups excluding carboxylic acids is 2. The van der Waals surface area contributed by atoms with Crippen LogP contribution in [0.3, 0.4) is 0 Å². The van der Waals surface area contributed by atoms with Crippen LogP contribution in [0.5, 0.6) is 0 Å². The molecular formula is C14H12BrNO4. The zero-order chi connectivity index (χ0) is 14.8. The zero-order valence-electron chi connectivity index (χ0n) is 10.9. The van der Waals surface area contributed by atoms with Crippen LogP contribution in [0.2, 0.25) is 0 Å². The van der Waals surface area contributed by atoms with Crippen molar-refractivity contribution in [1.29, 1.82) is 0 Å². The number of aromatic carboxylic acids is 1. The van der Waals surface area contributed by atoms with E-state index in [1.807, 2.05) is 13.8 Å². The van der Waals surface area contributed by atoms with E-state index in [9.17, 15) is 19.5 Å². The van der Waals surface area contributed by atoms with Crippen LogP contribution >= 0.6 is 15.9 Å². The highest BCUT2D eigenvalue weighted by molar-refractivity contribution is 9.10. The van der Waals surface area contributed by atoms with Crippen LogP contribution in [0.15, 0.2) is 22.7 Å². The molecule has 104 valence electrons. The van der Waals surface area contributed by atoms with Gasteiger partial charge in [-0.2, -0.15) is 0 Å². The number of carboxylic acids is 1. The molecule has 2 amide bonds. The van der Waals surface area contributed by atoms with Gasteiger partial charge >= 0.3 is 5.97 Å². The molecule has 2 fully saturated rings. The summed E-state index contributed by atoms with van der Waals surface area (Å²) in [6.45, 7) is 3.77. The third kappa shape index (κ3) is 1.57. The monoisotopic (exact) mass is 337 g/mol. The van der Waals surface area contributed by atoms with Crippen molar-refractivity contribution in [2.45, 2.75) is 13.8 Å². The molecule has 1 saturated carbocycles. The van der Waals surface area contributed by atoms with E-state index in [-0.39, 0.29) is 40.3 Å². The summed E-state index contributed by atoms with van der Waals surface area (Å²) in [5, 5.41) is 9.23. The lowest BCUT2D eigenvalue weighted by atomic mass is 10.0. The number of hydrogen-bond donors (Lipinski definition) is 1. The van der Waals surface area contributed by atoms with Gasteiger partial charge in [0.1, 0.15) is 0 Å². The minimum Gasteiger partial charge on any atom is -0.478 e. The van der Waals surface area contributed by atoms with Gasteiger partial charge in [-0.1, -0.05) is 29.8 Å². The van der Waals surface area contributed by atoms with Gasteiger partial charge in [-0.15, -0.1) is 0 Å². The third-order valence-electron chi connectivity index (χ3n) is 4.23. The molecule has 6 heteroatoms. The predicted molar refractivity (Wildman–Crippen MR) is 74.4 cm³/mol. The van der Waals surface area contributed by atoms with Crippen LogP contribution in [0, 0.1) is 17.3 Å². The van der Waals surface area contributed by atoms with Crippen molar-refractivity contribution in [2.75, 3.05) is 4.90 Å². The lowest BCUT2D eigenvalue weighted by Crippen LogP contribution is -2.37. The molecule has 0 spiro atoms. The minimum absolute atomic E-state index is 0.0554. The fourth-order valence-electron chi connectivity index (χ4n) is 3.06. The first kappa shape index (κ1) is 13.3. The molecule has 1 saturated heterocycles. The highest BCUT2D eigenvalue weighted by atomic mass is 79.9. The molecule has 0 aromatic heterocycles. The molecule has 5 nitrogen and oxygen atoms in total. The Balaban J connectivity index is 2.06. The Morgan fingerprint density at radius 2 is 1.80 bits per heavy atom.